The van der Waals surface area contributed by atoms with Crippen molar-refractivity contribution in [1.29, 1.82) is 0 Å². The minimum absolute atomic E-state index is 0.154. The van der Waals surface area contributed by atoms with E-state index in [1.54, 1.807) is 20.8 Å². The molecule has 1 amide bonds. The van der Waals surface area contributed by atoms with Gasteiger partial charge in [0.15, 0.2) is 0 Å². The van der Waals surface area contributed by atoms with Gasteiger partial charge in [-0.3, -0.25) is 0 Å². The molecule has 0 aromatic carbocycles. The highest BCUT2D eigenvalue weighted by molar-refractivity contribution is 5.80. The van der Waals surface area contributed by atoms with Gasteiger partial charge in [0.1, 0.15) is 11.6 Å². The molecule has 3 N–H and O–H groups in total. The fourth-order valence-electron chi connectivity index (χ4n) is 1.91. The third kappa shape index (κ3) is 5.35. The maximum absolute atomic E-state index is 11.5. The molecule has 0 bridgehead atoms. The summed E-state index contributed by atoms with van der Waals surface area (Å²) in [6.07, 6.45) is 1.69. The van der Waals surface area contributed by atoms with Crippen LogP contribution in [0.1, 0.15) is 40.0 Å². The topological polar surface area (TPSA) is 87.7 Å². The van der Waals surface area contributed by atoms with Crippen LogP contribution in [-0.2, 0) is 9.53 Å². The van der Waals surface area contributed by atoms with Crippen molar-refractivity contribution in [2.45, 2.75) is 57.7 Å². The zero-order chi connectivity index (χ0) is 13.8. The first-order valence-corrected chi connectivity index (χ1v) is 6.23. The second-order valence-electron chi connectivity index (χ2n) is 5.57. The molecule has 0 aromatic heterocycles. The minimum atomic E-state index is -1.03. The van der Waals surface area contributed by atoms with Crippen LogP contribution in [0.4, 0.5) is 4.79 Å². The molecule has 6 heteroatoms. The van der Waals surface area contributed by atoms with Crippen molar-refractivity contribution in [3.8, 4) is 0 Å². The molecular formula is C12H22N2O4. The van der Waals surface area contributed by atoms with Crippen molar-refractivity contribution in [3.63, 3.8) is 0 Å². The Morgan fingerprint density at radius 3 is 2.61 bits per heavy atom. The van der Waals surface area contributed by atoms with Crippen LogP contribution in [0.25, 0.3) is 0 Å². The van der Waals surface area contributed by atoms with Crippen LogP contribution in [0, 0.1) is 0 Å². The maximum atomic E-state index is 11.5. The Kier molecular flexibility index (Phi) is 4.95. The zero-order valence-corrected chi connectivity index (χ0v) is 11.2. The summed E-state index contributed by atoms with van der Waals surface area (Å²) in [5.41, 5.74) is -0.626. The van der Waals surface area contributed by atoms with Crippen LogP contribution in [-0.4, -0.2) is 41.4 Å². The molecule has 6 nitrogen and oxygen atoms in total. The summed E-state index contributed by atoms with van der Waals surface area (Å²) < 4.78 is 5.05. The summed E-state index contributed by atoms with van der Waals surface area (Å²) in [7, 11) is 0. The van der Waals surface area contributed by atoms with E-state index in [0.29, 0.717) is 6.42 Å². The number of carboxylic acids is 1. The highest BCUT2D eigenvalue weighted by Crippen LogP contribution is 2.12. The van der Waals surface area contributed by atoms with Gasteiger partial charge in [-0.25, -0.2) is 9.59 Å². The van der Waals surface area contributed by atoms with Gasteiger partial charge in [0.2, 0.25) is 0 Å². The molecule has 1 heterocycles. The highest BCUT2D eigenvalue weighted by Gasteiger charge is 2.27. The lowest BCUT2D eigenvalue weighted by Crippen LogP contribution is -2.46. The van der Waals surface area contributed by atoms with E-state index >= 15 is 0 Å². The number of ether oxygens (including phenoxy) is 1. The molecular weight excluding hydrogens is 236 g/mol. The molecule has 18 heavy (non-hydrogen) atoms. The largest absolute Gasteiger partial charge is 0.480 e. The van der Waals surface area contributed by atoms with Crippen molar-refractivity contribution in [2.75, 3.05) is 6.54 Å². The van der Waals surface area contributed by atoms with Crippen LogP contribution in [0.15, 0.2) is 0 Å². The van der Waals surface area contributed by atoms with Gasteiger partial charge in [-0.2, -0.15) is 0 Å². The number of carbonyl (C=O) groups excluding carboxylic acids is 1. The first-order chi connectivity index (χ1) is 8.28. The van der Waals surface area contributed by atoms with Gasteiger partial charge >= 0.3 is 12.1 Å². The molecule has 104 valence electrons. The lowest BCUT2D eigenvalue weighted by atomic mass is 10.1. The van der Waals surface area contributed by atoms with Crippen LogP contribution in [0.5, 0.6) is 0 Å². The quantitative estimate of drug-likeness (QED) is 0.703. The summed E-state index contributed by atoms with van der Waals surface area (Å²) >= 11 is 0. The minimum Gasteiger partial charge on any atom is -0.480 e. The van der Waals surface area contributed by atoms with E-state index in [2.05, 4.69) is 10.6 Å². The average molecular weight is 258 g/mol. The Bertz CT molecular complexity index is 306. The number of hydrogen-bond acceptors (Lipinski definition) is 4. The molecule has 1 aliphatic rings. The van der Waals surface area contributed by atoms with Gasteiger partial charge < -0.3 is 20.5 Å². The van der Waals surface area contributed by atoms with Crippen molar-refractivity contribution in [2.24, 2.45) is 0 Å². The highest BCUT2D eigenvalue weighted by atomic mass is 16.6. The summed E-state index contributed by atoms with van der Waals surface area (Å²) in [5, 5.41) is 14.7. The molecule has 0 spiro atoms. The zero-order valence-electron chi connectivity index (χ0n) is 11.2. The summed E-state index contributed by atoms with van der Waals surface area (Å²) in [6.45, 7) is 6.12. The molecule has 0 aliphatic carbocycles. The molecule has 2 unspecified atom stereocenters. The maximum Gasteiger partial charge on any atom is 0.408 e. The van der Waals surface area contributed by atoms with Crippen LogP contribution in [0.3, 0.4) is 0 Å². The van der Waals surface area contributed by atoms with Gasteiger partial charge in [-0.05, 0) is 46.6 Å². The number of alkyl carbamates (subject to hydrolysis) is 1. The number of hydrogen-bond donors (Lipinski definition) is 3. The first kappa shape index (κ1) is 14.8. The van der Waals surface area contributed by atoms with E-state index in [1.165, 1.54) is 0 Å². The SMILES string of the molecule is CC(C)(C)OC(=O)NC(CC1CCCN1)C(=O)O. The fraction of sp³-hybridized carbons (Fsp3) is 0.833. The molecule has 1 rings (SSSR count). The normalized spacial score (nSPS) is 21.4. The average Bonchev–Trinajstić information content (AvgIpc) is 2.66. The Hall–Kier alpha value is -1.30. The van der Waals surface area contributed by atoms with E-state index in [1.807, 2.05) is 0 Å². The van der Waals surface area contributed by atoms with Crippen molar-refractivity contribution < 1.29 is 19.4 Å². The third-order valence-corrected chi connectivity index (χ3v) is 2.67. The Morgan fingerprint density at radius 2 is 2.17 bits per heavy atom. The summed E-state index contributed by atoms with van der Waals surface area (Å²) in [5.74, 6) is -1.03. The van der Waals surface area contributed by atoms with Crippen LogP contribution < -0.4 is 10.6 Å². The smallest absolute Gasteiger partial charge is 0.408 e. The lowest BCUT2D eigenvalue weighted by molar-refractivity contribution is -0.139. The van der Waals surface area contributed by atoms with E-state index in [4.69, 9.17) is 9.84 Å². The third-order valence-electron chi connectivity index (χ3n) is 2.67. The summed E-state index contributed by atoms with van der Waals surface area (Å²) in [4.78, 5) is 22.6. The van der Waals surface area contributed by atoms with E-state index in [9.17, 15) is 9.59 Å². The predicted molar refractivity (Wildman–Crippen MR) is 66.4 cm³/mol. The van der Waals surface area contributed by atoms with Crippen molar-refractivity contribution in [1.82, 2.24) is 10.6 Å². The molecule has 0 saturated carbocycles. The number of carbonyl (C=O) groups is 2. The second kappa shape index (κ2) is 6.04. The van der Waals surface area contributed by atoms with Gasteiger partial charge in [-0.1, -0.05) is 0 Å². The van der Waals surface area contributed by atoms with Gasteiger partial charge in [0.05, 0.1) is 0 Å². The van der Waals surface area contributed by atoms with Gasteiger partial charge in [-0.15, -0.1) is 0 Å². The Labute approximate surface area is 107 Å². The lowest BCUT2D eigenvalue weighted by Gasteiger charge is -2.23. The van der Waals surface area contributed by atoms with E-state index < -0.39 is 23.7 Å². The van der Waals surface area contributed by atoms with E-state index in [-0.39, 0.29) is 6.04 Å². The molecule has 0 aromatic rings. The number of amides is 1. The molecule has 1 saturated heterocycles. The second-order valence-corrected chi connectivity index (χ2v) is 5.57. The van der Waals surface area contributed by atoms with Crippen LogP contribution >= 0.6 is 0 Å². The number of aliphatic carboxylic acids is 1. The molecule has 1 fully saturated rings. The number of nitrogens with one attached hydrogen (secondary N) is 2. The fourth-order valence-corrected chi connectivity index (χ4v) is 1.91. The molecule has 1 aliphatic heterocycles. The van der Waals surface area contributed by atoms with Gasteiger partial charge in [0.25, 0.3) is 0 Å². The number of carboxylic acid groups (broad SMARTS) is 1. The van der Waals surface area contributed by atoms with E-state index in [0.717, 1.165) is 19.4 Å². The molecule has 0 radical (unpaired) electrons. The standard InChI is InChI=1S/C12H22N2O4/c1-12(2,3)18-11(17)14-9(10(15)16)7-8-5-4-6-13-8/h8-9,13H,4-7H2,1-3H3,(H,14,17)(H,15,16). The van der Waals surface area contributed by atoms with Gasteiger partial charge in [0, 0.05) is 6.04 Å². The summed E-state index contributed by atoms with van der Waals surface area (Å²) in [6, 6.07) is -0.753. The van der Waals surface area contributed by atoms with Crippen molar-refractivity contribution >= 4 is 12.1 Å². The molecule has 2 atom stereocenters. The Morgan fingerprint density at radius 1 is 1.50 bits per heavy atom. The number of rotatable bonds is 4. The first-order valence-electron chi connectivity index (χ1n) is 6.23. The van der Waals surface area contributed by atoms with Crippen LogP contribution in [0.2, 0.25) is 0 Å². The predicted octanol–water partition coefficient (Wildman–Crippen LogP) is 1.11. The Balaban J connectivity index is 2.46. The van der Waals surface area contributed by atoms with Crippen molar-refractivity contribution in [3.05, 3.63) is 0 Å². The monoisotopic (exact) mass is 258 g/mol.